The highest BCUT2D eigenvalue weighted by atomic mass is 16.6. The van der Waals surface area contributed by atoms with Crippen molar-refractivity contribution in [2.75, 3.05) is 0 Å². The van der Waals surface area contributed by atoms with Gasteiger partial charge in [0.1, 0.15) is 11.8 Å². The summed E-state index contributed by atoms with van der Waals surface area (Å²) < 4.78 is 11.8. The lowest BCUT2D eigenvalue weighted by Crippen LogP contribution is -2.68. The van der Waals surface area contributed by atoms with Crippen LogP contribution in [0.1, 0.15) is 119 Å². The van der Waals surface area contributed by atoms with E-state index in [1.165, 1.54) is 52.4 Å². The van der Waals surface area contributed by atoms with E-state index in [9.17, 15) is 14.8 Å². The topological polar surface area (TPSA) is 85.2 Å². The minimum absolute atomic E-state index is 0.311. The number of ether oxygens (including phenoxy) is 2. The Morgan fingerprint density at radius 1 is 1.00 bits per heavy atom. The molecule has 0 aromatic heterocycles. The number of rotatable bonds is 7. The lowest BCUT2D eigenvalue weighted by Gasteiger charge is -2.64. The second kappa shape index (κ2) is 10.5. The third-order valence-corrected chi connectivity index (χ3v) is 11.5. The third kappa shape index (κ3) is 4.84. The van der Waals surface area contributed by atoms with Gasteiger partial charge in [-0.05, 0) is 85.9 Å². The van der Waals surface area contributed by atoms with Gasteiger partial charge in [0, 0.05) is 25.7 Å². The molecule has 1 N–H and O–H groups in total. The summed E-state index contributed by atoms with van der Waals surface area (Å²) in [4.78, 5) is 24.3. The predicted octanol–water partition coefficient (Wildman–Crippen LogP) is 7.17. The van der Waals surface area contributed by atoms with Gasteiger partial charge >= 0.3 is 11.9 Å². The molecule has 0 amide bonds. The first-order valence-corrected chi connectivity index (χ1v) is 15.0. The van der Waals surface area contributed by atoms with Gasteiger partial charge in [0.2, 0.25) is 0 Å². The van der Waals surface area contributed by atoms with E-state index in [2.05, 4.69) is 39.8 Å². The van der Waals surface area contributed by atoms with E-state index in [-0.39, 0.29) is 23.5 Å². The predicted molar refractivity (Wildman–Crippen MR) is 144 cm³/mol. The van der Waals surface area contributed by atoms with Crippen LogP contribution in [-0.4, -0.2) is 34.6 Å². The van der Waals surface area contributed by atoms with Crippen LogP contribution in [0.5, 0.6) is 0 Å². The van der Waals surface area contributed by atoms with Crippen LogP contribution in [-0.2, 0) is 19.1 Å². The average Bonchev–Trinajstić information content (AvgIpc) is 3.15. The first-order chi connectivity index (χ1) is 17.4. The number of oxime groups is 1. The van der Waals surface area contributed by atoms with Crippen LogP contribution in [0.25, 0.3) is 0 Å². The zero-order chi connectivity index (χ0) is 27.2. The molecule has 0 spiro atoms. The summed E-state index contributed by atoms with van der Waals surface area (Å²) in [5.74, 6) is 2.96. The summed E-state index contributed by atoms with van der Waals surface area (Å²) in [7, 11) is 0. The molecule has 9 atom stereocenters. The maximum atomic E-state index is 12.5. The Kier molecular flexibility index (Phi) is 8.08. The largest absolute Gasteiger partial charge is 0.462 e. The van der Waals surface area contributed by atoms with Crippen LogP contribution in [0.4, 0.5) is 0 Å². The SMILES string of the molecule is CC(=O)OC1CCC2(C)C3CCC4(C)C(C(C)CCCC(C)C)CCC4C3CC(=NO)C2(OC(C)=O)C1. The zero-order valence-electron chi connectivity index (χ0n) is 24.3. The number of hydrogen-bond acceptors (Lipinski definition) is 6. The van der Waals surface area contributed by atoms with Crippen molar-refractivity contribution in [3.05, 3.63) is 0 Å². The minimum atomic E-state index is -1.02. The quantitative estimate of drug-likeness (QED) is 0.220. The fourth-order valence-corrected chi connectivity index (χ4v) is 9.95. The van der Waals surface area contributed by atoms with Crippen LogP contribution in [0.3, 0.4) is 0 Å². The molecular weight excluding hydrogens is 466 g/mol. The number of carbonyl (C=O) groups excluding carboxylic acids is 2. The van der Waals surface area contributed by atoms with E-state index in [1.807, 2.05) is 0 Å². The third-order valence-electron chi connectivity index (χ3n) is 11.5. The number of fused-ring (bicyclic) bond motifs is 5. The van der Waals surface area contributed by atoms with E-state index in [0.29, 0.717) is 41.7 Å². The van der Waals surface area contributed by atoms with Gasteiger partial charge in [0.15, 0.2) is 5.60 Å². The molecule has 4 fully saturated rings. The maximum Gasteiger partial charge on any atom is 0.303 e. The molecule has 4 aliphatic rings. The Morgan fingerprint density at radius 3 is 2.35 bits per heavy atom. The average molecular weight is 518 g/mol. The fraction of sp³-hybridized carbons (Fsp3) is 0.903. The second-order valence-electron chi connectivity index (χ2n) is 14.0. The Balaban J connectivity index is 1.63. The molecule has 0 aromatic carbocycles. The normalized spacial score (nSPS) is 43.0. The highest BCUT2D eigenvalue weighted by Crippen LogP contribution is 2.69. The molecule has 6 heteroatoms. The summed E-state index contributed by atoms with van der Waals surface area (Å²) in [6.07, 6.45) is 11.0. The van der Waals surface area contributed by atoms with Gasteiger partial charge in [0.25, 0.3) is 0 Å². The standard InChI is InChI=1S/C31H51NO5/c1-19(2)9-8-10-20(3)25-11-12-26-24-17-28(32-35)31(37-22(5)34)18-23(36-21(4)33)13-16-30(31,7)27(24)14-15-29(25,26)6/h19-20,23-27,35H,8-18H2,1-7H3. The van der Waals surface area contributed by atoms with Gasteiger partial charge < -0.3 is 14.7 Å². The van der Waals surface area contributed by atoms with Crippen molar-refractivity contribution in [3.8, 4) is 0 Å². The van der Waals surface area contributed by atoms with E-state index in [0.717, 1.165) is 37.0 Å². The Hall–Kier alpha value is -1.59. The van der Waals surface area contributed by atoms with E-state index >= 15 is 0 Å². The fourth-order valence-electron chi connectivity index (χ4n) is 9.95. The molecule has 9 unspecified atom stereocenters. The Labute approximate surface area is 224 Å². The van der Waals surface area contributed by atoms with Crippen LogP contribution in [0, 0.1) is 46.3 Å². The van der Waals surface area contributed by atoms with Crippen LogP contribution < -0.4 is 0 Å². The number of nitrogens with zero attached hydrogens (tertiary/aromatic N) is 1. The Morgan fingerprint density at radius 2 is 1.73 bits per heavy atom. The second-order valence-corrected chi connectivity index (χ2v) is 14.0. The van der Waals surface area contributed by atoms with Crippen molar-refractivity contribution in [2.45, 2.75) is 131 Å². The molecule has 0 aromatic rings. The molecule has 0 aliphatic heterocycles. The van der Waals surface area contributed by atoms with Crippen LogP contribution in [0.2, 0.25) is 0 Å². The van der Waals surface area contributed by atoms with Crippen molar-refractivity contribution < 1.29 is 24.3 Å². The van der Waals surface area contributed by atoms with Gasteiger partial charge in [-0.15, -0.1) is 0 Å². The van der Waals surface area contributed by atoms with E-state index in [4.69, 9.17) is 9.47 Å². The van der Waals surface area contributed by atoms with Crippen molar-refractivity contribution in [2.24, 2.45) is 51.5 Å². The highest BCUT2D eigenvalue weighted by Gasteiger charge is 2.69. The summed E-state index contributed by atoms with van der Waals surface area (Å²) in [5, 5.41) is 14.2. The minimum Gasteiger partial charge on any atom is -0.462 e. The van der Waals surface area contributed by atoms with Gasteiger partial charge in [0.05, 0.1) is 0 Å². The van der Waals surface area contributed by atoms with Gasteiger partial charge in [-0.25, -0.2) is 0 Å². The molecule has 0 radical (unpaired) electrons. The molecule has 4 aliphatic carbocycles. The molecule has 4 saturated carbocycles. The van der Waals surface area contributed by atoms with Crippen molar-refractivity contribution in [1.82, 2.24) is 0 Å². The van der Waals surface area contributed by atoms with Crippen molar-refractivity contribution >= 4 is 17.7 Å². The highest BCUT2D eigenvalue weighted by molar-refractivity contribution is 5.96. The Bertz CT molecular complexity index is 900. The lowest BCUT2D eigenvalue weighted by molar-refractivity contribution is -0.204. The molecule has 6 nitrogen and oxygen atoms in total. The molecule has 37 heavy (non-hydrogen) atoms. The molecule has 210 valence electrons. The monoisotopic (exact) mass is 517 g/mol. The molecule has 0 saturated heterocycles. The van der Waals surface area contributed by atoms with E-state index in [1.54, 1.807) is 0 Å². The summed E-state index contributed by atoms with van der Waals surface area (Å²) in [6, 6.07) is 0. The van der Waals surface area contributed by atoms with Gasteiger partial charge in [-0.1, -0.05) is 59.0 Å². The lowest BCUT2D eigenvalue weighted by atomic mass is 9.42. The number of hydrogen-bond donors (Lipinski definition) is 1. The van der Waals surface area contributed by atoms with Gasteiger partial charge in [-0.3, -0.25) is 9.59 Å². The smallest absolute Gasteiger partial charge is 0.303 e. The molecule has 4 rings (SSSR count). The maximum absolute atomic E-state index is 12.5. The van der Waals surface area contributed by atoms with Crippen molar-refractivity contribution in [3.63, 3.8) is 0 Å². The van der Waals surface area contributed by atoms with Crippen LogP contribution >= 0.6 is 0 Å². The number of esters is 2. The first kappa shape index (κ1) is 28.4. The molecule has 0 bridgehead atoms. The first-order valence-electron chi connectivity index (χ1n) is 15.0. The summed E-state index contributed by atoms with van der Waals surface area (Å²) >= 11 is 0. The number of carbonyl (C=O) groups is 2. The van der Waals surface area contributed by atoms with E-state index < -0.39 is 5.60 Å². The van der Waals surface area contributed by atoms with Crippen LogP contribution in [0.15, 0.2) is 5.16 Å². The zero-order valence-corrected chi connectivity index (χ0v) is 24.3. The van der Waals surface area contributed by atoms with Gasteiger partial charge in [-0.2, -0.15) is 0 Å². The summed E-state index contributed by atoms with van der Waals surface area (Å²) in [5.41, 5.74) is -0.474. The van der Waals surface area contributed by atoms with Crippen molar-refractivity contribution in [1.29, 1.82) is 0 Å². The molecule has 0 heterocycles. The summed E-state index contributed by atoms with van der Waals surface area (Å²) in [6.45, 7) is 14.8. The molecular formula is C31H51NO5.